The molecule has 0 radical (unpaired) electrons. The zero-order valence-corrected chi connectivity index (χ0v) is 14.8. The van der Waals surface area contributed by atoms with Crippen LogP contribution in [-0.2, 0) is 17.5 Å². The lowest BCUT2D eigenvalue weighted by molar-refractivity contribution is -0.885. The number of hydrogen-bond donors (Lipinski definition) is 2. The molecule has 9 heteroatoms. The number of halogens is 3. The van der Waals surface area contributed by atoms with Crippen molar-refractivity contribution in [3.05, 3.63) is 69.3 Å². The number of likely N-dealkylation sites (N-methyl/N-ethyl adjacent to an activating group) is 1. The van der Waals surface area contributed by atoms with E-state index in [2.05, 4.69) is 5.32 Å². The molecule has 144 valence electrons. The zero-order valence-electron chi connectivity index (χ0n) is 14.8. The second kappa shape index (κ2) is 8.17. The highest BCUT2D eigenvalue weighted by atomic mass is 19.4. The van der Waals surface area contributed by atoms with Gasteiger partial charge in [-0.25, -0.2) is 0 Å². The Bertz CT molecular complexity index is 836. The van der Waals surface area contributed by atoms with Crippen molar-refractivity contribution in [2.75, 3.05) is 18.9 Å². The second-order valence-corrected chi connectivity index (χ2v) is 6.31. The number of benzene rings is 2. The summed E-state index contributed by atoms with van der Waals surface area (Å²) in [7, 11) is 1.75. The number of anilines is 1. The molecule has 2 rings (SSSR count). The van der Waals surface area contributed by atoms with Crippen molar-refractivity contribution < 1.29 is 27.8 Å². The fourth-order valence-electron chi connectivity index (χ4n) is 2.59. The van der Waals surface area contributed by atoms with Crippen molar-refractivity contribution in [1.82, 2.24) is 0 Å². The number of alkyl halides is 3. The Morgan fingerprint density at radius 3 is 2.33 bits per heavy atom. The Hall–Kier alpha value is -2.94. The highest BCUT2D eigenvalue weighted by molar-refractivity contribution is 5.92. The van der Waals surface area contributed by atoms with E-state index in [1.807, 2.05) is 0 Å². The van der Waals surface area contributed by atoms with Crippen LogP contribution in [0, 0.1) is 17.0 Å². The number of carbonyl (C=O) groups is 1. The summed E-state index contributed by atoms with van der Waals surface area (Å²) < 4.78 is 37.7. The number of nitro groups is 1. The molecule has 6 nitrogen and oxygen atoms in total. The van der Waals surface area contributed by atoms with Crippen LogP contribution in [0.1, 0.15) is 16.7 Å². The highest BCUT2D eigenvalue weighted by Crippen LogP contribution is 2.29. The molecule has 0 fully saturated rings. The van der Waals surface area contributed by atoms with E-state index >= 15 is 0 Å². The van der Waals surface area contributed by atoms with Crippen molar-refractivity contribution in [1.29, 1.82) is 0 Å². The lowest BCUT2D eigenvalue weighted by Crippen LogP contribution is -3.08. The number of hydrogen-bond acceptors (Lipinski definition) is 3. The Labute approximate surface area is 153 Å². The number of aryl methyl sites for hydroxylation is 1. The maximum Gasteiger partial charge on any atom is 0.416 e. The van der Waals surface area contributed by atoms with Crippen molar-refractivity contribution in [2.45, 2.75) is 19.6 Å². The van der Waals surface area contributed by atoms with Crippen LogP contribution in [0.2, 0.25) is 0 Å². The summed E-state index contributed by atoms with van der Waals surface area (Å²) in [6.07, 6.45) is -4.38. The maximum absolute atomic E-state index is 12.6. The lowest BCUT2D eigenvalue weighted by atomic mass is 10.1. The van der Waals surface area contributed by atoms with E-state index in [0.29, 0.717) is 23.4 Å². The van der Waals surface area contributed by atoms with Gasteiger partial charge >= 0.3 is 6.18 Å². The van der Waals surface area contributed by atoms with Gasteiger partial charge in [0.05, 0.1) is 17.5 Å². The number of non-ortho nitro benzene ring substituents is 1. The summed E-state index contributed by atoms with van der Waals surface area (Å²) >= 11 is 0. The normalized spacial score (nSPS) is 12.5. The van der Waals surface area contributed by atoms with Crippen LogP contribution in [-0.4, -0.2) is 24.4 Å². The fourth-order valence-corrected chi connectivity index (χ4v) is 2.59. The van der Waals surface area contributed by atoms with Gasteiger partial charge in [-0.15, -0.1) is 0 Å². The van der Waals surface area contributed by atoms with Gasteiger partial charge in [-0.1, -0.05) is 12.1 Å². The third kappa shape index (κ3) is 5.78. The molecule has 2 aromatic rings. The smallest absolute Gasteiger partial charge is 0.326 e. The summed E-state index contributed by atoms with van der Waals surface area (Å²) in [5.74, 6) is -0.295. The molecule has 0 heterocycles. The summed E-state index contributed by atoms with van der Waals surface area (Å²) in [6.45, 7) is 2.13. The van der Waals surface area contributed by atoms with Crippen molar-refractivity contribution in [3.63, 3.8) is 0 Å². The molecule has 0 aliphatic rings. The van der Waals surface area contributed by atoms with Gasteiger partial charge in [0, 0.05) is 23.4 Å². The molecule has 1 unspecified atom stereocenters. The summed E-state index contributed by atoms with van der Waals surface area (Å²) in [5.41, 5.74) is 0.955. The maximum atomic E-state index is 12.6. The Morgan fingerprint density at radius 2 is 1.81 bits per heavy atom. The minimum absolute atomic E-state index is 0.0597. The van der Waals surface area contributed by atoms with Crippen LogP contribution >= 0.6 is 0 Å². The summed E-state index contributed by atoms with van der Waals surface area (Å²) in [4.78, 5) is 23.2. The van der Waals surface area contributed by atoms with Crippen LogP contribution in [0.3, 0.4) is 0 Å². The molecule has 1 amide bonds. The Balaban J connectivity index is 1.93. The molecule has 0 aromatic heterocycles. The predicted octanol–water partition coefficient (Wildman–Crippen LogP) is 2.58. The molecule has 0 spiro atoms. The van der Waals surface area contributed by atoms with E-state index in [1.165, 1.54) is 30.3 Å². The van der Waals surface area contributed by atoms with Gasteiger partial charge in [0.1, 0.15) is 6.54 Å². The van der Waals surface area contributed by atoms with E-state index in [-0.39, 0.29) is 18.1 Å². The number of nitrogens with one attached hydrogen (secondary N) is 2. The van der Waals surface area contributed by atoms with Gasteiger partial charge in [0.25, 0.3) is 11.6 Å². The van der Waals surface area contributed by atoms with Crippen LogP contribution in [0.4, 0.5) is 24.5 Å². The minimum Gasteiger partial charge on any atom is -0.326 e. The first-order chi connectivity index (χ1) is 12.6. The summed E-state index contributed by atoms with van der Waals surface area (Å²) in [5, 5.41) is 13.4. The number of amides is 1. The van der Waals surface area contributed by atoms with Gasteiger partial charge in [0.2, 0.25) is 0 Å². The predicted molar refractivity (Wildman–Crippen MR) is 93.4 cm³/mol. The molecule has 27 heavy (non-hydrogen) atoms. The first-order valence-corrected chi connectivity index (χ1v) is 8.08. The van der Waals surface area contributed by atoms with E-state index < -0.39 is 16.7 Å². The molecular weight excluding hydrogens is 363 g/mol. The van der Waals surface area contributed by atoms with E-state index in [1.54, 1.807) is 14.0 Å². The number of nitrogens with zero attached hydrogens (tertiary/aromatic N) is 1. The van der Waals surface area contributed by atoms with Crippen LogP contribution < -0.4 is 10.2 Å². The molecular formula is C18H19F3N3O3+. The average molecular weight is 382 g/mol. The molecule has 1 atom stereocenters. The molecule has 0 saturated carbocycles. The van der Waals surface area contributed by atoms with Gasteiger partial charge in [-0.2, -0.15) is 13.2 Å². The lowest BCUT2D eigenvalue weighted by Gasteiger charge is -2.15. The SMILES string of the molecule is Cc1cc([N+](=O)[O-])ccc1NC(=O)C[NH+](C)Cc1ccc(C(F)(F)F)cc1. The molecule has 2 N–H and O–H groups in total. The Morgan fingerprint density at radius 1 is 1.19 bits per heavy atom. The molecule has 0 aliphatic heterocycles. The zero-order chi connectivity index (χ0) is 20.2. The van der Waals surface area contributed by atoms with Gasteiger partial charge < -0.3 is 10.2 Å². The molecule has 0 aliphatic carbocycles. The number of rotatable bonds is 6. The van der Waals surface area contributed by atoms with E-state index in [9.17, 15) is 28.1 Å². The van der Waals surface area contributed by atoms with Crippen molar-refractivity contribution in [2.24, 2.45) is 0 Å². The first kappa shape index (κ1) is 20.4. The monoisotopic (exact) mass is 382 g/mol. The Kier molecular flexibility index (Phi) is 6.17. The largest absolute Gasteiger partial charge is 0.416 e. The second-order valence-electron chi connectivity index (χ2n) is 6.31. The van der Waals surface area contributed by atoms with Crippen LogP contribution in [0.5, 0.6) is 0 Å². The summed E-state index contributed by atoms with van der Waals surface area (Å²) in [6, 6.07) is 8.97. The topological polar surface area (TPSA) is 76.7 Å². The van der Waals surface area contributed by atoms with Crippen LogP contribution in [0.25, 0.3) is 0 Å². The number of quaternary nitrogens is 1. The van der Waals surface area contributed by atoms with Crippen molar-refractivity contribution >= 4 is 17.3 Å². The molecule has 0 saturated heterocycles. The molecule has 0 bridgehead atoms. The van der Waals surface area contributed by atoms with Gasteiger partial charge in [-0.05, 0) is 30.7 Å². The number of carbonyl (C=O) groups excluding carboxylic acids is 1. The van der Waals surface area contributed by atoms with Gasteiger partial charge in [-0.3, -0.25) is 14.9 Å². The van der Waals surface area contributed by atoms with E-state index in [0.717, 1.165) is 17.0 Å². The molecule has 2 aromatic carbocycles. The minimum atomic E-state index is -4.38. The third-order valence-corrected chi connectivity index (χ3v) is 3.94. The highest BCUT2D eigenvalue weighted by Gasteiger charge is 2.30. The standard InChI is InChI=1S/C18H18F3N3O3/c1-12-9-15(24(26)27)7-8-16(12)22-17(25)11-23(2)10-13-3-5-14(6-4-13)18(19,20)21/h3-9H,10-11H2,1-2H3,(H,22,25)/p+1. The first-order valence-electron chi connectivity index (χ1n) is 8.08. The average Bonchev–Trinajstić information content (AvgIpc) is 2.56. The number of nitro benzene ring substituents is 1. The third-order valence-electron chi connectivity index (χ3n) is 3.94. The quantitative estimate of drug-likeness (QED) is 0.596. The van der Waals surface area contributed by atoms with Crippen molar-refractivity contribution in [3.8, 4) is 0 Å². The fraction of sp³-hybridized carbons (Fsp3) is 0.278. The van der Waals surface area contributed by atoms with Gasteiger partial charge in [0.15, 0.2) is 6.54 Å². The van der Waals surface area contributed by atoms with Crippen LogP contribution in [0.15, 0.2) is 42.5 Å². The van der Waals surface area contributed by atoms with E-state index in [4.69, 9.17) is 0 Å².